The normalized spacial score (nSPS) is 14.3. The van der Waals surface area contributed by atoms with Crippen LogP contribution in [0.4, 0.5) is 0 Å². The first-order valence-corrected chi connectivity index (χ1v) is 6.55. The molecular weight excluding hydrogens is 224 g/mol. The maximum Gasteiger partial charge on any atom is 0.236 e. The van der Waals surface area contributed by atoms with Crippen LogP contribution in [-0.4, -0.2) is 18.0 Å². The summed E-state index contributed by atoms with van der Waals surface area (Å²) in [4.78, 5) is 11.5. The number of carbonyl (C=O) groups is 1. The number of hydrogen-bond donors (Lipinski definition) is 2. The van der Waals surface area contributed by atoms with Gasteiger partial charge in [0.15, 0.2) is 0 Å². The highest BCUT2D eigenvalue weighted by Gasteiger charge is 2.11. The second-order valence-corrected chi connectivity index (χ2v) is 5.30. The van der Waals surface area contributed by atoms with Crippen molar-refractivity contribution in [2.45, 2.75) is 52.1 Å². The van der Waals surface area contributed by atoms with Gasteiger partial charge in [-0.25, -0.2) is 0 Å². The Morgan fingerprint density at radius 1 is 1.17 bits per heavy atom. The maximum atomic E-state index is 11.5. The fourth-order valence-electron chi connectivity index (χ4n) is 1.82. The van der Waals surface area contributed by atoms with Gasteiger partial charge in [-0.3, -0.25) is 4.79 Å². The number of benzene rings is 1. The van der Waals surface area contributed by atoms with Crippen molar-refractivity contribution in [1.82, 2.24) is 5.32 Å². The number of carbonyl (C=O) groups excluding carboxylic acids is 1. The van der Waals surface area contributed by atoms with Crippen LogP contribution in [0.1, 0.15) is 44.7 Å². The van der Waals surface area contributed by atoms with E-state index in [4.69, 9.17) is 5.73 Å². The van der Waals surface area contributed by atoms with E-state index >= 15 is 0 Å². The molecule has 1 aromatic rings. The highest BCUT2D eigenvalue weighted by molar-refractivity contribution is 5.81. The molecule has 3 heteroatoms. The molecule has 100 valence electrons. The molecule has 18 heavy (non-hydrogen) atoms. The van der Waals surface area contributed by atoms with E-state index in [2.05, 4.69) is 43.4 Å². The molecule has 0 saturated carbocycles. The number of nitrogens with one attached hydrogen (secondary N) is 1. The summed E-state index contributed by atoms with van der Waals surface area (Å²) in [5.74, 6) is 0.454. The van der Waals surface area contributed by atoms with Gasteiger partial charge in [0.1, 0.15) is 0 Å². The molecule has 0 aliphatic heterocycles. The van der Waals surface area contributed by atoms with Crippen LogP contribution in [0.5, 0.6) is 0 Å². The molecule has 0 aliphatic rings. The number of nitrogens with two attached hydrogens (primary N) is 1. The van der Waals surface area contributed by atoms with Gasteiger partial charge in [0, 0.05) is 6.04 Å². The molecule has 1 amide bonds. The minimum absolute atomic E-state index is 0.0960. The zero-order valence-corrected chi connectivity index (χ0v) is 11.7. The molecule has 3 nitrogen and oxygen atoms in total. The third kappa shape index (κ3) is 4.49. The topological polar surface area (TPSA) is 55.1 Å². The van der Waals surface area contributed by atoms with Gasteiger partial charge >= 0.3 is 0 Å². The standard InChI is InChI=1S/C15H24N2O/c1-10(2)14-7-5-13(6-8-14)9-11(3)17-15(18)12(4)16/h5-8,10-12H,9,16H2,1-4H3,(H,17,18). The Labute approximate surface area is 110 Å². The van der Waals surface area contributed by atoms with Gasteiger partial charge in [0.2, 0.25) is 5.91 Å². The van der Waals surface area contributed by atoms with Gasteiger partial charge in [0.05, 0.1) is 6.04 Å². The third-order valence-corrected chi connectivity index (χ3v) is 2.99. The Bertz CT molecular complexity index is 382. The van der Waals surface area contributed by atoms with Crippen molar-refractivity contribution >= 4 is 5.91 Å². The fraction of sp³-hybridized carbons (Fsp3) is 0.533. The Kier molecular flexibility index (Phi) is 5.35. The molecule has 0 radical (unpaired) electrons. The third-order valence-electron chi connectivity index (χ3n) is 2.99. The lowest BCUT2D eigenvalue weighted by Gasteiger charge is -2.16. The summed E-state index contributed by atoms with van der Waals surface area (Å²) in [7, 11) is 0. The first-order valence-electron chi connectivity index (χ1n) is 6.55. The van der Waals surface area contributed by atoms with E-state index in [1.807, 2.05) is 6.92 Å². The summed E-state index contributed by atoms with van der Waals surface area (Å²) in [5, 5.41) is 2.90. The zero-order valence-electron chi connectivity index (χ0n) is 11.7. The van der Waals surface area contributed by atoms with Crippen molar-refractivity contribution in [1.29, 1.82) is 0 Å². The van der Waals surface area contributed by atoms with Crippen LogP contribution in [0.15, 0.2) is 24.3 Å². The summed E-state index contributed by atoms with van der Waals surface area (Å²) >= 11 is 0. The predicted octanol–water partition coefficient (Wildman–Crippen LogP) is 2.20. The van der Waals surface area contributed by atoms with Gasteiger partial charge in [-0.05, 0) is 37.3 Å². The van der Waals surface area contributed by atoms with E-state index in [1.54, 1.807) is 6.92 Å². The lowest BCUT2D eigenvalue weighted by atomic mass is 9.99. The summed E-state index contributed by atoms with van der Waals surface area (Å²) in [6.07, 6.45) is 0.830. The quantitative estimate of drug-likeness (QED) is 0.839. The smallest absolute Gasteiger partial charge is 0.236 e. The molecule has 0 bridgehead atoms. The molecule has 2 atom stereocenters. The predicted molar refractivity (Wildman–Crippen MR) is 75.5 cm³/mol. The summed E-state index contributed by atoms with van der Waals surface area (Å²) < 4.78 is 0. The van der Waals surface area contributed by atoms with Crippen molar-refractivity contribution in [3.05, 3.63) is 35.4 Å². The maximum absolute atomic E-state index is 11.5. The average Bonchev–Trinajstić information content (AvgIpc) is 2.29. The van der Waals surface area contributed by atoms with E-state index in [-0.39, 0.29) is 11.9 Å². The number of hydrogen-bond acceptors (Lipinski definition) is 2. The second kappa shape index (κ2) is 6.55. The van der Waals surface area contributed by atoms with E-state index < -0.39 is 6.04 Å². The second-order valence-electron chi connectivity index (χ2n) is 5.30. The average molecular weight is 248 g/mol. The SMILES string of the molecule is CC(Cc1ccc(C(C)C)cc1)NC(=O)C(C)N. The highest BCUT2D eigenvalue weighted by Crippen LogP contribution is 2.15. The van der Waals surface area contributed by atoms with Crippen LogP contribution in [0.2, 0.25) is 0 Å². The Hall–Kier alpha value is -1.35. The van der Waals surface area contributed by atoms with Crippen LogP contribution < -0.4 is 11.1 Å². The Balaban J connectivity index is 2.54. The molecule has 0 aliphatic carbocycles. The lowest BCUT2D eigenvalue weighted by molar-refractivity contribution is -0.122. The fourth-order valence-corrected chi connectivity index (χ4v) is 1.82. The molecule has 1 rings (SSSR count). The van der Waals surface area contributed by atoms with Gasteiger partial charge in [-0.15, -0.1) is 0 Å². The molecule has 0 heterocycles. The number of rotatable bonds is 5. The molecular formula is C15H24N2O. The molecule has 0 fully saturated rings. The number of amides is 1. The van der Waals surface area contributed by atoms with Gasteiger partial charge < -0.3 is 11.1 Å². The monoisotopic (exact) mass is 248 g/mol. The van der Waals surface area contributed by atoms with E-state index in [0.717, 1.165) is 6.42 Å². The van der Waals surface area contributed by atoms with Crippen LogP contribution >= 0.6 is 0 Å². The minimum atomic E-state index is -0.448. The molecule has 0 spiro atoms. The molecule has 2 unspecified atom stereocenters. The van der Waals surface area contributed by atoms with Crippen LogP contribution in [0.25, 0.3) is 0 Å². The largest absolute Gasteiger partial charge is 0.352 e. The Morgan fingerprint density at radius 2 is 1.72 bits per heavy atom. The molecule has 1 aromatic carbocycles. The van der Waals surface area contributed by atoms with E-state index in [9.17, 15) is 4.79 Å². The zero-order chi connectivity index (χ0) is 13.7. The lowest BCUT2D eigenvalue weighted by Crippen LogP contribution is -2.43. The van der Waals surface area contributed by atoms with E-state index in [0.29, 0.717) is 5.92 Å². The molecule has 0 saturated heterocycles. The molecule has 0 aromatic heterocycles. The highest BCUT2D eigenvalue weighted by atomic mass is 16.2. The summed E-state index contributed by atoms with van der Waals surface area (Å²) in [6.45, 7) is 8.05. The summed E-state index contributed by atoms with van der Waals surface area (Å²) in [6, 6.07) is 8.22. The van der Waals surface area contributed by atoms with Crippen LogP contribution in [0, 0.1) is 0 Å². The first kappa shape index (κ1) is 14.7. The summed E-state index contributed by atoms with van der Waals surface area (Å²) in [5.41, 5.74) is 8.09. The van der Waals surface area contributed by atoms with Crippen molar-refractivity contribution in [3.63, 3.8) is 0 Å². The Morgan fingerprint density at radius 3 is 2.17 bits per heavy atom. The van der Waals surface area contributed by atoms with Crippen LogP contribution in [0.3, 0.4) is 0 Å². The first-order chi connectivity index (χ1) is 8.40. The van der Waals surface area contributed by atoms with Gasteiger partial charge in [-0.1, -0.05) is 38.1 Å². The van der Waals surface area contributed by atoms with Crippen molar-refractivity contribution in [3.8, 4) is 0 Å². The minimum Gasteiger partial charge on any atom is -0.352 e. The van der Waals surface area contributed by atoms with Crippen LogP contribution in [-0.2, 0) is 11.2 Å². The van der Waals surface area contributed by atoms with Crippen molar-refractivity contribution in [2.75, 3.05) is 0 Å². The van der Waals surface area contributed by atoms with Gasteiger partial charge in [0.25, 0.3) is 0 Å². The van der Waals surface area contributed by atoms with Gasteiger partial charge in [-0.2, -0.15) is 0 Å². The van der Waals surface area contributed by atoms with Crippen molar-refractivity contribution < 1.29 is 4.79 Å². The van der Waals surface area contributed by atoms with Crippen molar-refractivity contribution in [2.24, 2.45) is 5.73 Å². The van der Waals surface area contributed by atoms with E-state index in [1.165, 1.54) is 11.1 Å². The molecule has 3 N–H and O–H groups in total.